The zero-order chi connectivity index (χ0) is 25.4. The third-order valence-corrected chi connectivity index (χ3v) is 6.38. The molecule has 7 nitrogen and oxygen atoms in total. The number of rotatable bonds is 6. The average Bonchev–Trinajstić information content (AvgIpc) is 3.19. The lowest BCUT2D eigenvalue weighted by Gasteiger charge is -2.25. The lowest BCUT2D eigenvalue weighted by molar-refractivity contribution is 0.0600. The van der Waals surface area contributed by atoms with E-state index in [1.165, 1.54) is 19.2 Å². The van der Waals surface area contributed by atoms with E-state index in [0.29, 0.717) is 24.1 Å². The van der Waals surface area contributed by atoms with E-state index in [1.54, 1.807) is 36.3 Å². The SMILES string of the molecule is COC(=O)c1ccc([C@@H]2c3c(oc4ccc(F)cc4c3=O)C(=O)N2CCc2ccc(OC)cc2)cc1. The van der Waals surface area contributed by atoms with Crippen molar-refractivity contribution in [2.75, 3.05) is 20.8 Å². The van der Waals surface area contributed by atoms with E-state index in [2.05, 4.69) is 0 Å². The smallest absolute Gasteiger partial charge is 0.337 e. The van der Waals surface area contributed by atoms with E-state index in [4.69, 9.17) is 13.9 Å². The number of nitrogens with zero attached hydrogens (tertiary/aromatic N) is 1. The molecule has 182 valence electrons. The van der Waals surface area contributed by atoms with Crippen molar-refractivity contribution < 1.29 is 27.9 Å². The first kappa shape index (κ1) is 23.3. The molecule has 0 unspecified atom stereocenters. The highest BCUT2D eigenvalue weighted by Gasteiger charge is 2.42. The zero-order valence-corrected chi connectivity index (χ0v) is 19.6. The first-order chi connectivity index (χ1) is 17.4. The van der Waals surface area contributed by atoms with E-state index in [0.717, 1.165) is 17.4 Å². The van der Waals surface area contributed by atoms with E-state index in [9.17, 15) is 18.8 Å². The maximum atomic E-state index is 13.9. The van der Waals surface area contributed by atoms with Crippen molar-refractivity contribution in [2.45, 2.75) is 12.5 Å². The average molecular weight is 487 g/mol. The Bertz CT molecular complexity index is 1530. The van der Waals surface area contributed by atoms with Crippen molar-refractivity contribution in [3.05, 3.63) is 111 Å². The molecule has 8 heteroatoms. The Labute approximate surface area is 205 Å². The molecule has 0 saturated carbocycles. The molecule has 36 heavy (non-hydrogen) atoms. The van der Waals surface area contributed by atoms with Crippen LogP contribution in [0.15, 0.2) is 75.9 Å². The predicted molar refractivity (Wildman–Crippen MR) is 130 cm³/mol. The Morgan fingerprint density at radius 3 is 2.39 bits per heavy atom. The molecule has 0 radical (unpaired) electrons. The molecular weight excluding hydrogens is 465 g/mol. The molecule has 0 aliphatic carbocycles. The summed E-state index contributed by atoms with van der Waals surface area (Å²) >= 11 is 0. The normalized spacial score (nSPS) is 14.7. The van der Waals surface area contributed by atoms with Gasteiger partial charge in [-0.25, -0.2) is 9.18 Å². The predicted octanol–water partition coefficient (Wildman–Crippen LogP) is 4.52. The first-order valence-electron chi connectivity index (χ1n) is 11.3. The van der Waals surface area contributed by atoms with E-state index in [1.807, 2.05) is 24.3 Å². The Kier molecular flexibility index (Phi) is 6.01. The van der Waals surface area contributed by atoms with Crippen molar-refractivity contribution in [2.24, 2.45) is 0 Å². The van der Waals surface area contributed by atoms with E-state index < -0.39 is 29.2 Å². The Balaban J connectivity index is 1.59. The van der Waals surface area contributed by atoms with Crippen LogP contribution in [0.25, 0.3) is 11.0 Å². The standard InChI is InChI=1S/C28H22FNO6/c1-34-20-10-3-16(4-11-20)13-14-30-24(17-5-7-18(8-6-17)28(33)35-2)23-25(31)21-15-19(29)9-12-22(21)36-26(23)27(30)32/h3-12,15,24H,13-14H2,1-2H3/t24-/m1/s1. The summed E-state index contributed by atoms with van der Waals surface area (Å²) in [7, 11) is 2.88. The van der Waals surface area contributed by atoms with Crippen molar-refractivity contribution in [1.82, 2.24) is 4.90 Å². The van der Waals surface area contributed by atoms with Gasteiger partial charge < -0.3 is 18.8 Å². The van der Waals surface area contributed by atoms with E-state index >= 15 is 0 Å². The van der Waals surface area contributed by atoms with Gasteiger partial charge in [0.05, 0.1) is 36.8 Å². The van der Waals surface area contributed by atoms with Crippen molar-refractivity contribution >= 4 is 22.8 Å². The summed E-state index contributed by atoms with van der Waals surface area (Å²) in [5.74, 6) is -0.836. The topological polar surface area (TPSA) is 86.0 Å². The summed E-state index contributed by atoms with van der Waals surface area (Å²) in [6, 6.07) is 16.9. The lowest BCUT2D eigenvalue weighted by atomic mass is 9.97. The van der Waals surface area contributed by atoms with Crippen LogP contribution < -0.4 is 10.2 Å². The number of carbonyl (C=O) groups is 2. The van der Waals surface area contributed by atoms with Crippen LogP contribution in [0, 0.1) is 5.82 Å². The zero-order valence-electron chi connectivity index (χ0n) is 19.6. The molecule has 1 aromatic heterocycles. The van der Waals surface area contributed by atoms with Crippen molar-refractivity contribution in [3.8, 4) is 5.75 Å². The van der Waals surface area contributed by atoms with Crippen LogP contribution in [0.4, 0.5) is 4.39 Å². The fourth-order valence-electron chi connectivity index (χ4n) is 4.53. The number of esters is 1. The van der Waals surface area contributed by atoms with Gasteiger partial charge in [-0.1, -0.05) is 24.3 Å². The number of amides is 1. The third kappa shape index (κ3) is 4.00. The molecule has 3 aromatic carbocycles. The van der Waals surface area contributed by atoms with Gasteiger partial charge in [0.1, 0.15) is 17.1 Å². The Morgan fingerprint density at radius 1 is 1.00 bits per heavy atom. The molecule has 0 saturated heterocycles. The fourth-order valence-corrected chi connectivity index (χ4v) is 4.53. The molecule has 4 aromatic rings. The highest BCUT2D eigenvalue weighted by molar-refractivity contribution is 5.99. The molecule has 1 aliphatic heterocycles. The monoisotopic (exact) mass is 487 g/mol. The largest absolute Gasteiger partial charge is 0.497 e. The number of ether oxygens (including phenoxy) is 2. The first-order valence-corrected chi connectivity index (χ1v) is 11.3. The summed E-state index contributed by atoms with van der Waals surface area (Å²) < 4.78 is 29.8. The summed E-state index contributed by atoms with van der Waals surface area (Å²) in [5, 5.41) is 0.0646. The highest BCUT2D eigenvalue weighted by Crippen LogP contribution is 2.38. The number of halogens is 1. The molecule has 5 rings (SSSR count). The molecule has 1 aliphatic rings. The van der Waals surface area contributed by atoms with Crippen LogP contribution in [-0.4, -0.2) is 37.5 Å². The molecule has 0 N–H and O–H groups in total. The van der Waals surface area contributed by atoms with Gasteiger partial charge in [-0.2, -0.15) is 0 Å². The van der Waals surface area contributed by atoms with Crippen LogP contribution in [-0.2, 0) is 11.2 Å². The second-order valence-electron chi connectivity index (χ2n) is 8.43. The quantitative estimate of drug-likeness (QED) is 0.372. The highest BCUT2D eigenvalue weighted by atomic mass is 19.1. The summed E-state index contributed by atoms with van der Waals surface area (Å²) in [6.07, 6.45) is 0.517. The van der Waals surface area contributed by atoms with Crippen LogP contribution in [0.3, 0.4) is 0 Å². The van der Waals surface area contributed by atoms with Gasteiger partial charge in [-0.3, -0.25) is 9.59 Å². The van der Waals surface area contributed by atoms with Gasteiger partial charge >= 0.3 is 5.97 Å². The van der Waals surface area contributed by atoms with Crippen LogP contribution in [0.2, 0.25) is 0 Å². The lowest BCUT2D eigenvalue weighted by Crippen LogP contribution is -2.31. The van der Waals surface area contributed by atoms with Gasteiger partial charge in [0.25, 0.3) is 5.91 Å². The summed E-state index contributed by atoms with van der Waals surface area (Å²) in [4.78, 5) is 40.5. The van der Waals surface area contributed by atoms with Crippen LogP contribution in [0.5, 0.6) is 5.75 Å². The third-order valence-electron chi connectivity index (χ3n) is 6.38. The maximum absolute atomic E-state index is 13.9. The van der Waals surface area contributed by atoms with Gasteiger partial charge in [-0.05, 0) is 60.0 Å². The van der Waals surface area contributed by atoms with Gasteiger partial charge in [0, 0.05) is 6.54 Å². The van der Waals surface area contributed by atoms with Crippen molar-refractivity contribution in [1.29, 1.82) is 0 Å². The number of hydrogen-bond acceptors (Lipinski definition) is 6. The van der Waals surface area contributed by atoms with Gasteiger partial charge in [0.2, 0.25) is 5.76 Å². The van der Waals surface area contributed by atoms with Crippen LogP contribution >= 0.6 is 0 Å². The minimum absolute atomic E-state index is 0.0594. The Hall–Kier alpha value is -4.46. The van der Waals surface area contributed by atoms with Gasteiger partial charge in [0.15, 0.2) is 5.43 Å². The molecule has 2 heterocycles. The summed E-state index contributed by atoms with van der Waals surface area (Å²) in [6.45, 7) is 0.295. The molecule has 0 spiro atoms. The number of benzene rings is 3. The molecule has 0 bridgehead atoms. The van der Waals surface area contributed by atoms with Crippen LogP contribution in [0.1, 0.15) is 43.6 Å². The van der Waals surface area contributed by atoms with E-state index in [-0.39, 0.29) is 22.3 Å². The number of fused-ring (bicyclic) bond motifs is 2. The second kappa shape index (κ2) is 9.30. The Morgan fingerprint density at radius 2 is 1.72 bits per heavy atom. The van der Waals surface area contributed by atoms with Gasteiger partial charge in [-0.15, -0.1) is 0 Å². The molecule has 1 amide bonds. The fraction of sp³-hybridized carbons (Fsp3) is 0.179. The minimum Gasteiger partial charge on any atom is -0.497 e. The number of hydrogen-bond donors (Lipinski definition) is 0. The summed E-state index contributed by atoms with van der Waals surface area (Å²) in [5.41, 5.74) is 1.76. The van der Waals surface area contributed by atoms with Crippen molar-refractivity contribution in [3.63, 3.8) is 0 Å². The maximum Gasteiger partial charge on any atom is 0.337 e. The second-order valence-corrected chi connectivity index (χ2v) is 8.43. The minimum atomic E-state index is -0.763. The number of carbonyl (C=O) groups excluding carboxylic acids is 2. The molecule has 0 fully saturated rings. The molecular formula is C28H22FNO6. The number of methoxy groups -OCH3 is 2. The molecule has 1 atom stereocenters.